The van der Waals surface area contributed by atoms with E-state index in [1.165, 1.54) is 5.56 Å². The Morgan fingerprint density at radius 2 is 1.95 bits per heavy atom. The third kappa shape index (κ3) is 2.75. The standard InChI is InChI=1S/C16H20N2O/c1-4-12(3)18-10-15(11-19)16(17-18)14-8-6-13(5-2)7-9-14/h6-12H,4-5H2,1-3H3. The highest BCUT2D eigenvalue weighted by Gasteiger charge is 2.13. The maximum Gasteiger partial charge on any atom is 0.153 e. The number of aldehydes is 1. The van der Waals surface area contributed by atoms with Crippen molar-refractivity contribution >= 4 is 6.29 Å². The first-order valence-corrected chi connectivity index (χ1v) is 6.83. The lowest BCUT2D eigenvalue weighted by Gasteiger charge is -2.08. The van der Waals surface area contributed by atoms with Crippen LogP contribution in [0.3, 0.4) is 0 Å². The molecule has 0 aliphatic heterocycles. The monoisotopic (exact) mass is 256 g/mol. The van der Waals surface area contributed by atoms with Crippen LogP contribution in [0.1, 0.15) is 49.2 Å². The first kappa shape index (κ1) is 13.5. The van der Waals surface area contributed by atoms with E-state index >= 15 is 0 Å². The van der Waals surface area contributed by atoms with Gasteiger partial charge in [0.1, 0.15) is 5.69 Å². The lowest BCUT2D eigenvalue weighted by molar-refractivity contribution is 0.112. The van der Waals surface area contributed by atoms with E-state index in [-0.39, 0.29) is 0 Å². The molecule has 0 fully saturated rings. The van der Waals surface area contributed by atoms with E-state index < -0.39 is 0 Å². The van der Waals surface area contributed by atoms with E-state index in [9.17, 15) is 4.79 Å². The molecule has 0 saturated carbocycles. The van der Waals surface area contributed by atoms with Crippen molar-refractivity contribution < 1.29 is 4.79 Å². The average molecular weight is 256 g/mol. The SMILES string of the molecule is CCc1ccc(-c2nn(C(C)CC)cc2C=O)cc1. The summed E-state index contributed by atoms with van der Waals surface area (Å²) < 4.78 is 1.88. The summed E-state index contributed by atoms with van der Waals surface area (Å²) in [7, 11) is 0. The molecule has 0 aliphatic carbocycles. The quantitative estimate of drug-likeness (QED) is 0.760. The van der Waals surface area contributed by atoms with Crippen molar-refractivity contribution in [3.05, 3.63) is 41.6 Å². The van der Waals surface area contributed by atoms with E-state index in [0.717, 1.165) is 30.4 Å². The summed E-state index contributed by atoms with van der Waals surface area (Å²) in [5.74, 6) is 0. The van der Waals surface area contributed by atoms with Crippen molar-refractivity contribution in [3.8, 4) is 11.3 Å². The van der Waals surface area contributed by atoms with E-state index in [0.29, 0.717) is 11.6 Å². The molecule has 1 aromatic carbocycles. The number of aromatic nitrogens is 2. The zero-order valence-electron chi connectivity index (χ0n) is 11.8. The van der Waals surface area contributed by atoms with Gasteiger partial charge in [-0.1, -0.05) is 38.1 Å². The van der Waals surface area contributed by atoms with E-state index in [1.807, 2.05) is 23.0 Å². The zero-order valence-corrected chi connectivity index (χ0v) is 11.8. The van der Waals surface area contributed by atoms with Gasteiger partial charge < -0.3 is 0 Å². The van der Waals surface area contributed by atoms with Crippen LogP contribution >= 0.6 is 0 Å². The van der Waals surface area contributed by atoms with Crippen LogP contribution in [-0.2, 0) is 6.42 Å². The Balaban J connectivity index is 2.42. The van der Waals surface area contributed by atoms with Crippen molar-refractivity contribution in [2.24, 2.45) is 0 Å². The van der Waals surface area contributed by atoms with Crippen LogP contribution in [0, 0.1) is 0 Å². The first-order valence-electron chi connectivity index (χ1n) is 6.83. The van der Waals surface area contributed by atoms with Crippen LogP contribution in [-0.4, -0.2) is 16.1 Å². The van der Waals surface area contributed by atoms with Crippen LogP contribution in [0.25, 0.3) is 11.3 Å². The molecule has 0 aliphatic rings. The van der Waals surface area contributed by atoms with Gasteiger partial charge in [-0.3, -0.25) is 9.48 Å². The highest BCUT2D eigenvalue weighted by molar-refractivity contribution is 5.85. The average Bonchev–Trinajstić information content (AvgIpc) is 2.90. The van der Waals surface area contributed by atoms with Crippen LogP contribution in [0.2, 0.25) is 0 Å². The van der Waals surface area contributed by atoms with Gasteiger partial charge in [0, 0.05) is 17.8 Å². The first-order chi connectivity index (χ1) is 9.19. The summed E-state index contributed by atoms with van der Waals surface area (Å²) in [6.07, 6.45) is 4.73. The number of nitrogens with zero attached hydrogens (tertiary/aromatic N) is 2. The van der Waals surface area contributed by atoms with Gasteiger partial charge in [0.25, 0.3) is 0 Å². The molecule has 0 saturated heterocycles. The smallest absolute Gasteiger partial charge is 0.153 e. The minimum Gasteiger partial charge on any atom is -0.298 e. The maximum absolute atomic E-state index is 11.2. The Morgan fingerprint density at radius 3 is 2.47 bits per heavy atom. The van der Waals surface area contributed by atoms with Gasteiger partial charge in [-0.25, -0.2) is 0 Å². The molecule has 2 rings (SSSR count). The molecular weight excluding hydrogens is 236 g/mol. The van der Waals surface area contributed by atoms with Gasteiger partial charge in [0.2, 0.25) is 0 Å². The molecule has 2 aromatic rings. The molecule has 3 heteroatoms. The van der Waals surface area contributed by atoms with Gasteiger partial charge in [0.15, 0.2) is 6.29 Å². The molecule has 0 spiro atoms. The third-order valence-corrected chi connectivity index (χ3v) is 3.57. The van der Waals surface area contributed by atoms with Crippen LogP contribution in [0.15, 0.2) is 30.5 Å². The molecule has 1 aromatic heterocycles. The molecule has 100 valence electrons. The highest BCUT2D eigenvalue weighted by atomic mass is 16.1. The fourth-order valence-electron chi connectivity index (χ4n) is 2.03. The van der Waals surface area contributed by atoms with Crippen LogP contribution < -0.4 is 0 Å². The van der Waals surface area contributed by atoms with Gasteiger partial charge in [0.05, 0.1) is 5.56 Å². The normalized spacial score (nSPS) is 12.4. The van der Waals surface area contributed by atoms with Crippen molar-refractivity contribution in [3.63, 3.8) is 0 Å². The fraction of sp³-hybridized carbons (Fsp3) is 0.375. The Labute approximate surface area is 114 Å². The number of benzene rings is 1. The van der Waals surface area contributed by atoms with Crippen molar-refractivity contribution in [2.75, 3.05) is 0 Å². The Kier molecular flexibility index (Phi) is 4.15. The zero-order chi connectivity index (χ0) is 13.8. The van der Waals surface area contributed by atoms with Gasteiger partial charge in [-0.05, 0) is 25.3 Å². The van der Waals surface area contributed by atoms with E-state index in [4.69, 9.17) is 0 Å². The highest BCUT2D eigenvalue weighted by Crippen LogP contribution is 2.23. The summed E-state index contributed by atoms with van der Waals surface area (Å²) in [6.45, 7) is 6.34. The predicted octanol–water partition coefficient (Wildman–Crippen LogP) is 3.90. The minimum absolute atomic E-state index is 0.308. The molecule has 1 heterocycles. The summed E-state index contributed by atoms with van der Waals surface area (Å²) in [4.78, 5) is 11.2. The largest absolute Gasteiger partial charge is 0.298 e. The second-order valence-corrected chi connectivity index (χ2v) is 4.84. The molecule has 0 radical (unpaired) electrons. The number of rotatable bonds is 5. The second-order valence-electron chi connectivity index (χ2n) is 4.84. The summed E-state index contributed by atoms with van der Waals surface area (Å²) in [6, 6.07) is 8.56. The molecular formula is C16H20N2O. The summed E-state index contributed by atoms with van der Waals surface area (Å²) in [5, 5.41) is 4.56. The van der Waals surface area contributed by atoms with Crippen molar-refractivity contribution in [2.45, 2.75) is 39.7 Å². The summed E-state index contributed by atoms with van der Waals surface area (Å²) >= 11 is 0. The Morgan fingerprint density at radius 1 is 1.26 bits per heavy atom. The second kappa shape index (κ2) is 5.83. The molecule has 3 nitrogen and oxygen atoms in total. The maximum atomic E-state index is 11.2. The van der Waals surface area contributed by atoms with Crippen molar-refractivity contribution in [1.82, 2.24) is 9.78 Å². The molecule has 1 unspecified atom stereocenters. The third-order valence-electron chi connectivity index (χ3n) is 3.57. The van der Waals surface area contributed by atoms with Crippen LogP contribution in [0.5, 0.6) is 0 Å². The van der Waals surface area contributed by atoms with Gasteiger partial charge >= 0.3 is 0 Å². The van der Waals surface area contributed by atoms with Gasteiger partial charge in [-0.2, -0.15) is 5.10 Å². The topological polar surface area (TPSA) is 34.9 Å². The Bertz CT molecular complexity index is 555. The number of aryl methyl sites for hydroxylation is 1. The molecule has 0 bridgehead atoms. The Hall–Kier alpha value is -1.90. The number of carbonyl (C=O) groups is 1. The number of hydrogen-bond donors (Lipinski definition) is 0. The van der Waals surface area contributed by atoms with Crippen LogP contribution in [0.4, 0.5) is 0 Å². The lowest BCUT2D eigenvalue weighted by atomic mass is 10.1. The molecule has 0 amide bonds. The van der Waals surface area contributed by atoms with Gasteiger partial charge in [-0.15, -0.1) is 0 Å². The fourth-order valence-corrected chi connectivity index (χ4v) is 2.03. The molecule has 0 N–H and O–H groups in total. The summed E-state index contributed by atoms with van der Waals surface area (Å²) in [5.41, 5.74) is 3.72. The number of hydrogen-bond acceptors (Lipinski definition) is 2. The van der Waals surface area contributed by atoms with E-state index in [2.05, 4.69) is 38.0 Å². The number of carbonyl (C=O) groups excluding carboxylic acids is 1. The lowest BCUT2D eigenvalue weighted by Crippen LogP contribution is -2.04. The van der Waals surface area contributed by atoms with Crippen molar-refractivity contribution in [1.29, 1.82) is 0 Å². The van der Waals surface area contributed by atoms with E-state index in [1.54, 1.807) is 0 Å². The molecule has 19 heavy (non-hydrogen) atoms. The minimum atomic E-state index is 0.308. The molecule has 1 atom stereocenters. The predicted molar refractivity (Wildman–Crippen MR) is 77.4 cm³/mol.